The SMILES string of the molecule is O=C(Nc1cnn(Cc2cccc(F)c2)c1)c1ccc(-n2cnnc2)cc1. The molecule has 0 saturated heterocycles. The molecule has 2 aromatic carbocycles. The van der Waals surface area contributed by atoms with Gasteiger partial charge in [-0.3, -0.25) is 14.0 Å². The van der Waals surface area contributed by atoms with Crippen LogP contribution in [0.25, 0.3) is 5.69 Å². The summed E-state index contributed by atoms with van der Waals surface area (Å²) in [6.45, 7) is 0.418. The second-order valence-corrected chi connectivity index (χ2v) is 5.93. The number of carbonyl (C=O) groups is 1. The van der Waals surface area contributed by atoms with Gasteiger partial charge in [0.05, 0.1) is 18.4 Å². The van der Waals surface area contributed by atoms with Gasteiger partial charge in [0.15, 0.2) is 0 Å². The molecule has 1 amide bonds. The zero-order chi connectivity index (χ0) is 18.6. The van der Waals surface area contributed by atoms with Crippen molar-refractivity contribution in [3.8, 4) is 5.69 Å². The Morgan fingerprint density at radius 3 is 2.59 bits per heavy atom. The Morgan fingerprint density at radius 1 is 1.07 bits per heavy atom. The van der Waals surface area contributed by atoms with Crippen LogP contribution >= 0.6 is 0 Å². The Bertz CT molecular complexity index is 1060. The molecule has 4 aromatic rings. The quantitative estimate of drug-likeness (QED) is 0.592. The molecule has 4 rings (SSSR count). The van der Waals surface area contributed by atoms with Crippen molar-refractivity contribution < 1.29 is 9.18 Å². The number of rotatable bonds is 5. The average molecular weight is 362 g/mol. The van der Waals surface area contributed by atoms with Crippen molar-refractivity contribution in [2.24, 2.45) is 0 Å². The molecule has 0 aliphatic rings. The van der Waals surface area contributed by atoms with Gasteiger partial charge in [0.2, 0.25) is 0 Å². The van der Waals surface area contributed by atoms with Gasteiger partial charge in [0.25, 0.3) is 5.91 Å². The summed E-state index contributed by atoms with van der Waals surface area (Å²) in [6, 6.07) is 13.4. The van der Waals surface area contributed by atoms with Gasteiger partial charge in [-0.15, -0.1) is 10.2 Å². The second kappa shape index (κ2) is 7.20. The van der Waals surface area contributed by atoms with E-state index in [0.717, 1.165) is 11.3 Å². The molecule has 1 N–H and O–H groups in total. The molecule has 0 aliphatic heterocycles. The summed E-state index contributed by atoms with van der Waals surface area (Å²) in [5.74, 6) is -0.529. The van der Waals surface area contributed by atoms with Crippen molar-refractivity contribution >= 4 is 11.6 Å². The van der Waals surface area contributed by atoms with Crippen LogP contribution in [0, 0.1) is 5.82 Å². The number of benzene rings is 2. The first-order valence-electron chi connectivity index (χ1n) is 8.21. The minimum atomic E-state index is -0.289. The monoisotopic (exact) mass is 362 g/mol. The van der Waals surface area contributed by atoms with Crippen molar-refractivity contribution in [3.63, 3.8) is 0 Å². The van der Waals surface area contributed by atoms with Crippen molar-refractivity contribution in [2.45, 2.75) is 6.54 Å². The molecule has 2 aromatic heterocycles. The number of carbonyl (C=O) groups excluding carboxylic acids is 1. The normalized spacial score (nSPS) is 10.7. The number of nitrogens with one attached hydrogen (secondary N) is 1. The molecule has 2 heterocycles. The largest absolute Gasteiger partial charge is 0.319 e. The molecule has 27 heavy (non-hydrogen) atoms. The van der Waals surface area contributed by atoms with Gasteiger partial charge in [-0.1, -0.05) is 12.1 Å². The smallest absolute Gasteiger partial charge is 0.255 e. The van der Waals surface area contributed by atoms with E-state index in [4.69, 9.17) is 0 Å². The van der Waals surface area contributed by atoms with Gasteiger partial charge >= 0.3 is 0 Å². The molecule has 134 valence electrons. The van der Waals surface area contributed by atoms with E-state index in [9.17, 15) is 9.18 Å². The molecule has 0 saturated carbocycles. The van der Waals surface area contributed by atoms with Crippen molar-refractivity contribution in [3.05, 3.63) is 90.5 Å². The van der Waals surface area contributed by atoms with Crippen LogP contribution in [0.15, 0.2) is 73.6 Å². The summed E-state index contributed by atoms with van der Waals surface area (Å²) >= 11 is 0. The molecule has 0 atom stereocenters. The number of aromatic nitrogens is 5. The maximum Gasteiger partial charge on any atom is 0.255 e. The topological polar surface area (TPSA) is 77.6 Å². The van der Waals surface area contributed by atoms with E-state index in [2.05, 4.69) is 20.6 Å². The lowest BCUT2D eigenvalue weighted by molar-refractivity contribution is 0.102. The highest BCUT2D eigenvalue weighted by Gasteiger charge is 2.08. The summed E-state index contributed by atoms with van der Waals surface area (Å²) in [6.07, 6.45) is 6.43. The van der Waals surface area contributed by atoms with Gasteiger partial charge < -0.3 is 5.32 Å². The van der Waals surface area contributed by atoms with E-state index in [1.807, 2.05) is 18.2 Å². The molecular formula is C19H15FN6O. The van der Waals surface area contributed by atoms with Crippen molar-refractivity contribution in [2.75, 3.05) is 5.32 Å². The van der Waals surface area contributed by atoms with E-state index in [1.165, 1.54) is 12.1 Å². The molecule has 0 fully saturated rings. The minimum absolute atomic E-state index is 0.240. The molecule has 0 spiro atoms. The van der Waals surface area contributed by atoms with Gasteiger partial charge in [0, 0.05) is 17.4 Å². The number of hydrogen-bond acceptors (Lipinski definition) is 4. The molecule has 8 heteroatoms. The van der Waals surface area contributed by atoms with Gasteiger partial charge in [-0.05, 0) is 42.0 Å². The first kappa shape index (κ1) is 16.6. The molecule has 0 radical (unpaired) electrons. The van der Waals surface area contributed by atoms with E-state index in [-0.39, 0.29) is 11.7 Å². The molecule has 7 nitrogen and oxygen atoms in total. The third-order valence-electron chi connectivity index (χ3n) is 3.97. The summed E-state index contributed by atoms with van der Waals surface area (Å²) < 4.78 is 16.6. The second-order valence-electron chi connectivity index (χ2n) is 5.93. The fourth-order valence-corrected chi connectivity index (χ4v) is 2.66. The highest BCUT2D eigenvalue weighted by atomic mass is 19.1. The van der Waals surface area contributed by atoms with Crippen LogP contribution in [-0.2, 0) is 6.54 Å². The third-order valence-corrected chi connectivity index (χ3v) is 3.97. The van der Waals surface area contributed by atoms with Crippen LogP contribution in [0.1, 0.15) is 15.9 Å². The molecule has 0 aliphatic carbocycles. The molecular weight excluding hydrogens is 347 g/mol. The van der Waals surface area contributed by atoms with Crippen LogP contribution < -0.4 is 5.32 Å². The van der Waals surface area contributed by atoms with Crippen LogP contribution in [0.2, 0.25) is 0 Å². The van der Waals surface area contributed by atoms with Gasteiger partial charge in [-0.2, -0.15) is 5.10 Å². The minimum Gasteiger partial charge on any atom is -0.319 e. The van der Waals surface area contributed by atoms with Crippen molar-refractivity contribution in [1.29, 1.82) is 0 Å². The van der Waals surface area contributed by atoms with Crippen LogP contribution in [0.3, 0.4) is 0 Å². The summed E-state index contributed by atoms with van der Waals surface area (Å²) in [5, 5.41) is 14.5. The fourth-order valence-electron chi connectivity index (χ4n) is 2.66. The predicted molar refractivity (Wildman–Crippen MR) is 97.0 cm³/mol. The summed E-state index contributed by atoms with van der Waals surface area (Å²) in [7, 11) is 0. The lowest BCUT2D eigenvalue weighted by Crippen LogP contribution is -2.11. The Labute approximate surface area is 154 Å². The van der Waals surface area contributed by atoms with E-state index < -0.39 is 0 Å². The van der Waals surface area contributed by atoms with Crippen LogP contribution in [0.4, 0.5) is 10.1 Å². The number of anilines is 1. The molecule has 0 bridgehead atoms. The summed E-state index contributed by atoms with van der Waals surface area (Å²) in [5.41, 5.74) is 2.74. The fraction of sp³-hybridized carbons (Fsp3) is 0.0526. The van der Waals surface area contributed by atoms with Crippen molar-refractivity contribution in [1.82, 2.24) is 24.5 Å². The predicted octanol–water partition coefficient (Wildman–Crippen LogP) is 2.90. The van der Waals surface area contributed by atoms with E-state index in [0.29, 0.717) is 17.8 Å². The standard InChI is InChI=1S/C19H15FN6O/c20-16-3-1-2-14(8-16)10-26-11-17(9-23-26)24-19(27)15-4-6-18(7-5-15)25-12-21-22-13-25/h1-9,11-13H,10H2,(H,24,27). The van der Waals surface area contributed by atoms with E-state index >= 15 is 0 Å². The highest BCUT2D eigenvalue weighted by Crippen LogP contribution is 2.13. The maximum atomic E-state index is 13.3. The Balaban J connectivity index is 1.42. The molecule has 0 unspecified atom stereocenters. The Kier molecular flexibility index (Phi) is 4.44. The number of amides is 1. The zero-order valence-electron chi connectivity index (χ0n) is 14.2. The Morgan fingerprint density at radius 2 is 1.85 bits per heavy atom. The summed E-state index contributed by atoms with van der Waals surface area (Å²) in [4.78, 5) is 12.4. The van der Waals surface area contributed by atoms with Gasteiger partial charge in [0.1, 0.15) is 18.5 Å². The maximum absolute atomic E-state index is 13.3. The number of nitrogens with zero attached hydrogens (tertiary/aromatic N) is 5. The zero-order valence-corrected chi connectivity index (χ0v) is 14.2. The first-order chi connectivity index (χ1) is 13.2. The van der Waals surface area contributed by atoms with Gasteiger partial charge in [-0.25, -0.2) is 4.39 Å². The lowest BCUT2D eigenvalue weighted by Gasteiger charge is -2.05. The number of halogens is 1. The van der Waals surface area contributed by atoms with E-state index in [1.54, 1.807) is 52.5 Å². The average Bonchev–Trinajstić information content (AvgIpc) is 3.34. The third kappa shape index (κ3) is 3.90. The number of hydrogen-bond donors (Lipinski definition) is 1. The Hall–Kier alpha value is -3.81. The first-order valence-corrected chi connectivity index (χ1v) is 8.21. The van der Waals surface area contributed by atoms with Crippen LogP contribution in [-0.4, -0.2) is 30.5 Å². The lowest BCUT2D eigenvalue weighted by atomic mass is 10.2. The highest BCUT2D eigenvalue weighted by molar-refractivity contribution is 6.04. The van der Waals surface area contributed by atoms with Crippen LogP contribution in [0.5, 0.6) is 0 Å².